The van der Waals surface area contributed by atoms with Crippen LogP contribution in [-0.2, 0) is 14.3 Å². The lowest BCUT2D eigenvalue weighted by Crippen LogP contribution is -2.50. The number of allylic oxidation sites excluding steroid dienone is 1. The molecule has 1 N–H and O–H groups in total. The van der Waals surface area contributed by atoms with Gasteiger partial charge in [0.15, 0.2) is 5.78 Å². The maximum absolute atomic E-state index is 12.4. The van der Waals surface area contributed by atoms with Crippen molar-refractivity contribution in [2.24, 2.45) is 34.5 Å². The van der Waals surface area contributed by atoms with Crippen LogP contribution in [0, 0.1) is 34.5 Å². The second-order valence-electron chi connectivity index (χ2n) is 13.0. The fourth-order valence-electron chi connectivity index (χ4n) is 9.28. The highest BCUT2D eigenvalue weighted by Gasteiger charge is 2.59. The largest absolute Gasteiger partial charge is 0.460 e. The number of aromatic nitrogens is 2. The number of nitrogens with zero attached hydrogens (tertiary/aromatic N) is 1. The lowest BCUT2D eigenvalue weighted by atomic mass is 9.46. The van der Waals surface area contributed by atoms with Gasteiger partial charge in [-0.3, -0.25) is 4.79 Å². The Morgan fingerprint density at radius 2 is 1.95 bits per heavy atom. The lowest BCUT2D eigenvalue weighted by Gasteiger charge is -2.58. The molecule has 2 aromatic rings. The van der Waals surface area contributed by atoms with Gasteiger partial charge in [-0.05, 0) is 104 Å². The Kier molecular flexibility index (Phi) is 6.53. The van der Waals surface area contributed by atoms with Crippen molar-refractivity contribution in [3.8, 4) is 0 Å². The van der Waals surface area contributed by atoms with Crippen molar-refractivity contribution in [2.75, 3.05) is 20.3 Å². The summed E-state index contributed by atoms with van der Waals surface area (Å²) in [6.07, 6.45) is 11.2. The number of hydrogen-bond acceptors (Lipinski definition) is 5. The molecule has 3 fully saturated rings. The number of esters is 1. The van der Waals surface area contributed by atoms with Gasteiger partial charge >= 0.3 is 5.97 Å². The highest BCUT2D eigenvalue weighted by Crippen LogP contribution is 2.68. The van der Waals surface area contributed by atoms with E-state index < -0.39 is 0 Å². The van der Waals surface area contributed by atoms with E-state index in [0.717, 1.165) is 53.9 Å². The number of nitrogens with one attached hydrogen (secondary N) is 1. The smallest absolute Gasteiger partial charge is 0.338 e. The van der Waals surface area contributed by atoms with Crippen LogP contribution in [0.3, 0.4) is 0 Å². The fourth-order valence-corrected chi connectivity index (χ4v) is 9.28. The Hall–Kier alpha value is -2.47. The second-order valence-corrected chi connectivity index (χ2v) is 13.0. The summed E-state index contributed by atoms with van der Waals surface area (Å²) in [5.41, 5.74) is 4.32. The number of aromatic amines is 1. The van der Waals surface area contributed by atoms with Gasteiger partial charge in [-0.1, -0.05) is 26.3 Å². The molecule has 204 valence electrons. The summed E-state index contributed by atoms with van der Waals surface area (Å²) in [6, 6.07) is 5.58. The SMILES string of the molecule is COCCOC(=O)c1ccc2nc([C@@H](C)[C@H]3CC[C@H]4[C@@H]5CCC6=CC(=O)CC[C@]6(C)[C@H]5CC[C@]34C)[nH]c2c1. The van der Waals surface area contributed by atoms with Crippen molar-refractivity contribution in [3.63, 3.8) is 0 Å². The van der Waals surface area contributed by atoms with E-state index in [2.05, 4.69) is 25.8 Å². The summed E-state index contributed by atoms with van der Waals surface area (Å²) in [7, 11) is 1.59. The third kappa shape index (κ3) is 4.06. The fraction of sp³-hybridized carbons (Fsp3) is 0.656. The molecule has 1 heterocycles. The van der Waals surface area contributed by atoms with E-state index >= 15 is 0 Å². The highest BCUT2D eigenvalue weighted by atomic mass is 16.6. The van der Waals surface area contributed by atoms with Crippen molar-refractivity contribution in [1.29, 1.82) is 0 Å². The molecular weight excluding hydrogens is 476 g/mol. The third-order valence-corrected chi connectivity index (χ3v) is 11.3. The van der Waals surface area contributed by atoms with Gasteiger partial charge in [0.05, 0.1) is 23.2 Å². The average Bonchev–Trinajstić information content (AvgIpc) is 3.49. The van der Waals surface area contributed by atoms with Crippen LogP contribution in [0.4, 0.5) is 0 Å². The van der Waals surface area contributed by atoms with Crippen LogP contribution < -0.4 is 0 Å². The zero-order chi connectivity index (χ0) is 26.7. The number of fused-ring (bicyclic) bond motifs is 6. The molecule has 0 amide bonds. The number of imidazole rings is 1. The maximum Gasteiger partial charge on any atom is 0.338 e. The molecule has 1 aromatic heterocycles. The van der Waals surface area contributed by atoms with Crippen molar-refractivity contribution in [2.45, 2.75) is 78.1 Å². The Balaban J connectivity index is 1.21. The zero-order valence-corrected chi connectivity index (χ0v) is 23.3. The quantitative estimate of drug-likeness (QED) is 0.343. The van der Waals surface area contributed by atoms with E-state index in [1.54, 1.807) is 13.2 Å². The zero-order valence-electron chi connectivity index (χ0n) is 23.3. The lowest BCUT2D eigenvalue weighted by molar-refractivity contribution is -0.117. The van der Waals surface area contributed by atoms with Crippen molar-refractivity contribution in [1.82, 2.24) is 9.97 Å². The minimum Gasteiger partial charge on any atom is -0.460 e. The maximum atomic E-state index is 12.4. The van der Waals surface area contributed by atoms with Crippen LogP contribution in [0.5, 0.6) is 0 Å². The van der Waals surface area contributed by atoms with E-state index in [1.165, 1.54) is 37.7 Å². The normalized spacial score (nSPS) is 35.3. The Morgan fingerprint density at radius 1 is 1.11 bits per heavy atom. The van der Waals surface area contributed by atoms with E-state index in [0.29, 0.717) is 35.2 Å². The minimum atomic E-state index is -0.336. The van der Waals surface area contributed by atoms with Crippen molar-refractivity contribution >= 4 is 22.8 Å². The minimum absolute atomic E-state index is 0.225. The van der Waals surface area contributed by atoms with E-state index in [-0.39, 0.29) is 18.0 Å². The molecule has 0 radical (unpaired) electrons. The monoisotopic (exact) mass is 518 g/mol. The molecule has 38 heavy (non-hydrogen) atoms. The molecule has 0 bridgehead atoms. The van der Waals surface area contributed by atoms with Crippen molar-refractivity contribution < 1.29 is 19.1 Å². The number of carbonyl (C=O) groups excluding carboxylic acids is 2. The molecule has 0 unspecified atom stereocenters. The van der Waals surface area contributed by atoms with Gasteiger partial charge < -0.3 is 14.5 Å². The van der Waals surface area contributed by atoms with Crippen LogP contribution >= 0.6 is 0 Å². The summed E-state index contributed by atoms with van der Waals surface area (Å²) in [5.74, 6) is 4.19. The predicted octanol–water partition coefficient (Wildman–Crippen LogP) is 6.62. The Morgan fingerprint density at radius 3 is 2.76 bits per heavy atom. The summed E-state index contributed by atoms with van der Waals surface area (Å²) in [4.78, 5) is 33.1. The number of H-pyrrole nitrogens is 1. The predicted molar refractivity (Wildman–Crippen MR) is 147 cm³/mol. The molecule has 0 aliphatic heterocycles. The summed E-state index contributed by atoms with van der Waals surface area (Å²) < 4.78 is 10.3. The molecule has 7 atom stereocenters. The van der Waals surface area contributed by atoms with Crippen LogP contribution in [0.2, 0.25) is 0 Å². The van der Waals surface area contributed by atoms with Crippen LogP contribution in [0.25, 0.3) is 11.0 Å². The summed E-state index contributed by atoms with van der Waals surface area (Å²) in [5, 5.41) is 0. The molecule has 3 saturated carbocycles. The average molecular weight is 519 g/mol. The number of rotatable bonds is 6. The highest BCUT2D eigenvalue weighted by molar-refractivity contribution is 5.93. The first kappa shape index (κ1) is 25.8. The van der Waals surface area contributed by atoms with Gasteiger partial charge in [0.1, 0.15) is 12.4 Å². The van der Waals surface area contributed by atoms with E-state index in [9.17, 15) is 9.59 Å². The number of ketones is 1. The molecule has 6 heteroatoms. The number of carbonyl (C=O) groups is 2. The van der Waals surface area contributed by atoms with Gasteiger partial charge in [0.25, 0.3) is 0 Å². The molecule has 4 aliphatic rings. The number of ether oxygens (including phenoxy) is 2. The van der Waals surface area contributed by atoms with Gasteiger partial charge in [-0.2, -0.15) is 0 Å². The van der Waals surface area contributed by atoms with Gasteiger partial charge in [0.2, 0.25) is 0 Å². The standard InChI is InChI=1S/C32H42N2O4/c1-19(29-33-27-10-5-20(17-28(27)34-29)30(36)38-16-15-37-4)24-8-9-25-23-7-6-21-18-22(35)11-13-31(21,2)26(23)12-14-32(24,25)3/h5,10,17-19,23-26H,6-9,11-16H2,1-4H3,(H,33,34)/t19-,23-,24+,25-,26-,31-,32+/m0/s1. The topological polar surface area (TPSA) is 81.3 Å². The van der Waals surface area contributed by atoms with Crippen LogP contribution in [-0.4, -0.2) is 42.0 Å². The van der Waals surface area contributed by atoms with Gasteiger partial charge in [-0.25, -0.2) is 9.78 Å². The summed E-state index contributed by atoms with van der Waals surface area (Å²) >= 11 is 0. The molecule has 6 nitrogen and oxygen atoms in total. The van der Waals surface area contributed by atoms with Crippen molar-refractivity contribution in [3.05, 3.63) is 41.2 Å². The van der Waals surface area contributed by atoms with Crippen LogP contribution in [0.15, 0.2) is 29.8 Å². The number of methoxy groups -OCH3 is 1. The second kappa shape index (κ2) is 9.62. The molecular formula is C32H42N2O4. The first-order valence-corrected chi connectivity index (χ1v) is 14.6. The third-order valence-electron chi connectivity index (χ3n) is 11.3. The number of hydrogen-bond donors (Lipinski definition) is 1. The molecule has 4 aliphatic carbocycles. The van der Waals surface area contributed by atoms with Gasteiger partial charge in [-0.15, -0.1) is 0 Å². The van der Waals surface area contributed by atoms with Gasteiger partial charge in [0, 0.05) is 19.4 Å². The summed E-state index contributed by atoms with van der Waals surface area (Å²) in [6.45, 7) is 8.01. The number of benzene rings is 1. The Labute approximate surface area is 226 Å². The van der Waals surface area contributed by atoms with Crippen LogP contribution in [0.1, 0.15) is 94.2 Å². The molecule has 0 spiro atoms. The Bertz CT molecular complexity index is 1280. The van der Waals surface area contributed by atoms with E-state index in [1.807, 2.05) is 18.2 Å². The molecule has 0 saturated heterocycles. The first-order chi connectivity index (χ1) is 18.2. The van der Waals surface area contributed by atoms with E-state index in [4.69, 9.17) is 14.5 Å². The molecule has 6 rings (SSSR count). The molecule has 1 aromatic carbocycles. The first-order valence-electron chi connectivity index (χ1n) is 14.6.